The van der Waals surface area contributed by atoms with Crippen LogP contribution in [0, 0.1) is 0 Å². The van der Waals surface area contributed by atoms with Crippen molar-refractivity contribution in [3.05, 3.63) is 0 Å². The van der Waals surface area contributed by atoms with Gasteiger partial charge in [0, 0.05) is 13.0 Å². The number of unbranched alkanes of at least 4 members (excludes halogenated alkanes) is 1. The second-order valence-corrected chi connectivity index (χ2v) is 3.15. The molecule has 0 aliphatic rings. The topological polar surface area (TPSA) is 44.8 Å². The lowest BCUT2D eigenvalue weighted by molar-refractivity contribution is -0.144. The first kappa shape index (κ1) is 14.4. The zero-order chi connectivity index (χ0) is 11.4. The normalized spacial score (nSPS) is 10.3. The van der Waals surface area contributed by atoms with Crippen LogP contribution in [-0.2, 0) is 19.0 Å². The monoisotopic (exact) mass is 218 g/mol. The van der Waals surface area contributed by atoms with Crippen LogP contribution >= 0.6 is 0 Å². The van der Waals surface area contributed by atoms with Crippen LogP contribution in [0.4, 0.5) is 0 Å². The van der Waals surface area contributed by atoms with Gasteiger partial charge in [-0.05, 0) is 6.42 Å². The minimum Gasteiger partial charge on any atom is -0.463 e. The zero-order valence-electron chi connectivity index (χ0n) is 9.79. The molecule has 0 unspecified atom stereocenters. The molecule has 0 amide bonds. The molecule has 4 heteroatoms. The molecule has 0 saturated heterocycles. The third-order valence-electron chi connectivity index (χ3n) is 1.79. The predicted molar refractivity (Wildman–Crippen MR) is 57.8 cm³/mol. The van der Waals surface area contributed by atoms with E-state index in [4.69, 9.17) is 14.2 Å². The van der Waals surface area contributed by atoms with Crippen LogP contribution < -0.4 is 0 Å². The fourth-order valence-corrected chi connectivity index (χ4v) is 0.885. The highest BCUT2D eigenvalue weighted by Gasteiger charge is 1.96. The molecule has 0 N–H and O–H groups in total. The van der Waals surface area contributed by atoms with Crippen LogP contribution in [0.5, 0.6) is 0 Å². The summed E-state index contributed by atoms with van der Waals surface area (Å²) in [6.07, 6.45) is 2.65. The van der Waals surface area contributed by atoms with Gasteiger partial charge in [0.1, 0.15) is 6.61 Å². The summed E-state index contributed by atoms with van der Waals surface area (Å²) in [6, 6.07) is 0. The molecule has 0 rings (SSSR count). The number of carbonyl (C=O) groups excluding carboxylic acids is 1. The molecule has 0 saturated carbocycles. The standard InChI is InChI=1S/C11H22O4/c1-3-5-6-13-7-8-14-9-10-15-11(12)4-2/h3-10H2,1-2H3. The maximum Gasteiger partial charge on any atom is 0.305 e. The molecule has 0 aliphatic heterocycles. The Labute approximate surface area is 91.9 Å². The van der Waals surface area contributed by atoms with Crippen molar-refractivity contribution >= 4 is 5.97 Å². The Hall–Kier alpha value is -0.610. The molecule has 0 fully saturated rings. The second kappa shape index (κ2) is 11.5. The van der Waals surface area contributed by atoms with E-state index in [2.05, 4.69) is 6.92 Å². The Morgan fingerprint density at radius 2 is 1.53 bits per heavy atom. The summed E-state index contributed by atoms with van der Waals surface area (Å²) < 4.78 is 15.3. The minimum atomic E-state index is -0.183. The maximum absolute atomic E-state index is 10.7. The van der Waals surface area contributed by atoms with Gasteiger partial charge in [-0.2, -0.15) is 0 Å². The second-order valence-electron chi connectivity index (χ2n) is 3.15. The minimum absolute atomic E-state index is 0.183. The molecule has 0 aromatic heterocycles. The predicted octanol–water partition coefficient (Wildman–Crippen LogP) is 1.77. The molecule has 0 heterocycles. The van der Waals surface area contributed by atoms with Gasteiger partial charge >= 0.3 is 5.97 Å². The Kier molecular flexibility index (Phi) is 11.0. The van der Waals surface area contributed by atoms with Gasteiger partial charge in [0.15, 0.2) is 0 Å². The van der Waals surface area contributed by atoms with Gasteiger partial charge in [0.05, 0.1) is 19.8 Å². The first-order valence-corrected chi connectivity index (χ1v) is 5.62. The number of hydrogen-bond donors (Lipinski definition) is 0. The highest BCUT2D eigenvalue weighted by atomic mass is 16.6. The molecule has 4 nitrogen and oxygen atoms in total. The smallest absolute Gasteiger partial charge is 0.305 e. The highest BCUT2D eigenvalue weighted by Crippen LogP contribution is 1.88. The van der Waals surface area contributed by atoms with Gasteiger partial charge in [-0.25, -0.2) is 0 Å². The first-order chi connectivity index (χ1) is 7.31. The van der Waals surface area contributed by atoms with Crippen LogP contribution in [-0.4, -0.2) is 39.0 Å². The number of carbonyl (C=O) groups is 1. The Bertz CT molecular complexity index is 148. The van der Waals surface area contributed by atoms with Crippen LogP contribution in [0.2, 0.25) is 0 Å². The van der Waals surface area contributed by atoms with Gasteiger partial charge in [-0.3, -0.25) is 4.79 Å². The molecule has 0 bridgehead atoms. The molecule has 15 heavy (non-hydrogen) atoms. The summed E-state index contributed by atoms with van der Waals surface area (Å²) in [5.41, 5.74) is 0. The maximum atomic E-state index is 10.7. The molecule has 0 atom stereocenters. The molecule has 0 aliphatic carbocycles. The fourth-order valence-electron chi connectivity index (χ4n) is 0.885. The molecule has 0 aromatic carbocycles. The lowest BCUT2D eigenvalue weighted by Gasteiger charge is -2.05. The number of rotatable bonds is 10. The Morgan fingerprint density at radius 3 is 2.13 bits per heavy atom. The van der Waals surface area contributed by atoms with Crippen molar-refractivity contribution in [1.82, 2.24) is 0 Å². The van der Waals surface area contributed by atoms with E-state index in [0.717, 1.165) is 19.4 Å². The number of ether oxygens (including phenoxy) is 3. The third kappa shape index (κ3) is 11.3. The van der Waals surface area contributed by atoms with Crippen LogP contribution in [0.25, 0.3) is 0 Å². The van der Waals surface area contributed by atoms with Crippen molar-refractivity contribution in [2.24, 2.45) is 0 Å². The summed E-state index contributed by atoms with van der Waals surface area (Å²) in [5, 5.41) is 0. The molecule has 0 radical (unpaired) electrons. The first-order valence-electron chi connectivity index (χ1n) is 5.62. The molecular formula is C11H22O4. The number of hydrogen-bond acceptors (Lipinski definition) is 4. The van der Waals surface area contributed by atoms with Gasteiger partial charge in [0.25, 0.3) is 0 Å². The van der Waals surface area contributed by atoms with E-state index in [1.54, 1.807) is 6.92 Å². The average molecular weight is 218 g/mol. The van der Waals surface area contributed by atoms with E-state index in [1.165, 1.54) is 0 Å². The third-order valence-corrected chi connectivity index (χ3v) is 1.79. The Morgan fingerprint density at radius 1 is 0.933 bits per heavy atom. The zero-order valence-corrected chi connectivity index (χ0v) is 9.79. The van der Waals surface area contributed by atoms with Gasteiger partial charge in [-0.1, -0.05) is 20.3 Å². The van der Waals surface area contributed by atoms with Crippen LogP contribution in [0.1, 0.15) is 33.1 Å². The van der Waals surface area contributed by atoms with Gasteiger partial charge < -0.3 is 14.2 Å². The van der Waals surface area contributed by atoms with Crippen molar-refractivity contribution in [3.8, 4) is 0 Å². The summed E-state index contributed by atoms with van der Waals surface area (Å²) in [7, 11) is 0. The summed E-state index contributed by atoms with van der Waals surface area (Å²) in [4.78, 5) is 10.7. The van der Waals surface area contributed by atoms with E-state index in [9.17, 15) is 4.79 Å². The number of esters is 1. The van der Waals surface area contributed by atoms with Gasteiger partial charge in [-0.15, -0.1) is 0 Å². The fraction of sp³-hybridized carbons (Fsp3) is 0.909. The van der Waals surface area contributed by atoms with E-state index in [-0.39, 0.29) is 5.97 Å². The van der Waals surface area contributed by atoms with Crippen molar-refractivity contribution < 1.29 is 19.0 Å². The van der Waals surface area contributed by atoms with E-state index in [0.29, 0.717) is 32.8 Å². The largest absolute Gasteiger partial charge is 0.463 e. The quantitative estimate of drug-likeness (QED) is 0.414. The summed E-state index contributed by atoms with van der Waals surface area (Å²) in [5.74, 6) is -0.183. The molecule has 90 valence electrons. The average Bonchev–Trinajstić information content (AvgIpc) is 2.26. The summed E-state index contributed by atoms with van der Waals surface area (Å²) in [6.45, 7) is 6.65. The van der Waals surface area contributed by atoms with E-state index >= 15 is 0 Å². The van der Waals surface area contributed by atoms with Crippen LogP contribution in [0.3, 0.4) is 0 Å². The summed E-state index contributed by atoms with van der Waals surface area (Å²) >= 11 is 0. The lowest BCUT2D eigenvalue weighted by Crippen LogP contribution is -2.12. The van der Waals surface area contributed by atoms with Crippen molar-refractivity contribution in [2.45, 2.75) is 33.1 Å². The van der Waals surface area contributed by atoms with Crippen molar-refractivity contribution in [2.75, 3.05) is 33.0 Å². The van der Waals surface area contributed by atoms with Crippen molar-refractivity contribution in [1.29, 1.82) is 0 Å². The molecule has 0 aromatic rings. The van der Waals surface area contributed by atoms with E-state index in [1.807, 2.05) is 0 Å². The Balaban J connectivity index is 2.95. The SMILES string of the molecule is CCCCOCCOCCOC(=O)CC. The van der Waals surface area contributed by atoms with Gasteiger partial charge in [0.2, 0.25) is 0 Å². The molecular weight excluding hydrogens is 196 g/mol. The van der Waals surface area contributed by atoms with E-state index < -0.39 is 0 Å². The van der Waals surface area contributed by atoms with Crippen LogP contribution in [0.15, 0.2) is 0 Å². The van der Waals surface area contributed by atoms with Crippen molar-refractivity contribution in [3.63, 3.8) is 0 Å². The molecule has 0 spiro atoms. The lowest BCUT2D eigenvalue weighted by atomic mass is 10.4. The highest BCUT2D eigenvalue weighted by molar-refractivity contribution is 5.68.